The minimum absolute atomic E-state index is 0.0125. The van der Waals surface area contributed by atoms with E-state index in [0.29, 0.717) is 65.0 Å². The monoisotopic (exact) mass is 541 g/mol. The number of rotatable bonds is 7. The Hall–Kier alpha value is -2.97. The molecule has 10 nitrogen and oxygen atoms in total. The Kier molecular flexibility index (Phi) is 7.49. The van der Waals surface area contributed by atoms with E-state index in [0.717, 1.165) is 26.2 Å². The third-order valence-electron chi connectivity index (χ3n) is 7.13. The SMILES string of the molecule is CCN(CC)C1CN(c2nc(N3CCNC(CC#N)C3)c3cnn(-c4c(Cl)cccc4Cl)c(=O)c3n2)C1. The second-order valence-corrected chi connectivity index (χ2v) is 10.1. The lowest BCUT2D eigenvalue weighted by molar-refractivity contribution is 0.182. The van der Waals surface area contributed by atoms with E-state index in [9.17, 15) is 10.1 Å². The first-order valence-corrected chi connectivity index (χ1v) is 13.3. The lowest BCUT2D eigenvalue weighted by Gasteiger charge is -2.45. The molecule has 2 saturated heterocycles. The van der Waals surface area contributed by atoms with Crippen molar-refractivity contribution in [3.63, 3.8) is 0 Å². The lowest BCUT2D eigenvalue weighted by atomic mass is 10.1. The molecule has 0 bridgehead atoms. The zero-order valence-electron chi connectivity index (χ0n) is 20.9. The third-order valence-corrected chi connectivity index (χ3v) is 7.74. The second-order valence-electron chi connectivity index (χ2n) is 9.28. The number of halogens is 2. The van der Waals surface area contributed by atoms with Crippen LogP contribution in [0.1, 0.15) is 20.3 Å². The third kappa shape index (κ3) is 4.84. The van der Waals surface area contributed by atoms with Gasteiger partial charge in [0.2, 0.25) is 5.95 Å². The summed E-state index contributed by atoms with van der Waals surface area (Å²) in [6, 6.07) is 7.73. The van der Waals surface area contributed by atoms with Crippen LogP contribution in [0.2, 0.25) is 10.0 Å². The van der Waals surface area contributed by atoms with E-state index in [-0.39, 0.29) is 11.6 Å². The molecule has 2 fully saturated rings. The van der Waals surface area contributed by atoms with Crippen LogP contribution in [-0.2, 0) is 0 Å². The predicted molar refractivity (Wildman–Crippen MR) is 146 cm³/mol. The molecule has 1 N–H and O–H groups in total. The minimum Gasteiger partial charge on any atom is -0.353 e. The van der Waals surface area contributed by atoms with Crippen molar-refractivity contribution in [2.24, 2.45) is 0 Å². The lowest BCUT2D eigenvalue weighted by Crippen LogP contribution is -2.60. The number of hydrogen-bond donors (Lipinski definition) is 1. The first-order valence-electron chi connectivity index (χ1n) is 12.5. The molecule has 4 heterocycles. The van der Waals surface area contributed by atoms with Crippen LogP contribution in [0, 0.1) is 11.3 Å². The Bertz CT molecular complexity index is 1380. The van der Waals surface area contributed by atoms with Crippen LogP contribution in [0.25, 0.3) is 16.6 Å². The van der Waals surface area contributed by atoms with E-state index < -0.39 is 5.56 Å². The van der Waals surface area contributed by atoms with E-state index in [4.69, 9.17) is 33.2 Å². The van der Waals surface area contributed by atoms with Gasteiger partial charge in [-0.3, -0.25) is 9.69 Å². The topological polar surface area (TPSA) is 106 Å². The summed E-state index contributed by atoms with van der Waals surface area (Å²) in [6.45, 7) is 9.87. The molecular weight excluding hydrogens is 513 g/mol. The molecule has 2 aliphatic rings. The Morgan fingerprint density at radius 1 is 1.14 bits per heavy atom. The number of benzene rings is 1. The summed E-state index contributed by atoms with van der Waals surface area (Å²) >= 11 is 12.8. The number of nitrogens with zero attached hydrogens (tertiary/aromatic N) is 8. The molecule has 0 radical (unpaired) electrons. The van der Waals surface area contributed by atoms with Crippen molar-refractivity contribution in [1.29, 1.82) is 5.26 Å². The van der Waals surface area contributed by atoms with Crippen molar-refractivity contribution in [3.05, 3.63) is 44.8 Å². The summed E-state index contributed by atoms with van der Waals surface area (Å²) in [4.78, 5) is 30.1. The maximum Gasteiger partial charge on any atom is 0.298 e. The number of anilines is 2. The number of nitrogens with one attached hydrogen (secondary N) is 1. The maximum absolute atomic E-state index is 13.8. The van der Waals surface area contributed by atoms with Crippen molar-refractivity contribution >= 4 is 45.9 Å². The molecule has 194 valence electrons. The molecular formula is C25H29Cl2N9O. The Morgan fingerprint density at radius 2 is 1.86 bits per heavy atom. The van der Waals surface area contributed by atoms with Gasteiger partial charge in [0, 0.05) is 44.8 Å². The van der Waals surface area contributed by atoms with Gasteiger partial charge in [-0.15, -0.1) is 0 Å². The molecule has 2 aromatic heterocycles. The number of para-hydroxylation sites is 1. The van der Waals surface area contributed by atoms with E-state index in [1.165, 1.54) is 4.68 Å². The molecule has 1 aromatic carbocycles. The average molecular weight is 542 g/mol. The number of hydrogen-bond acceptors (Lipinski definition) is 9. The van der Waals surface area contributed by atoms with E-state index >= 15 is 0 Å². The van der Waals surface area contributed by atoms with Gasteiger partial charge in [-0.2, -0.15) is 20.0 Å². The minimum atomic E-state index is -0.415. The van der Waals surface area contributed by atoms with E-state index in [2.05, 4.69) is 45.0 Å². The van der Waals surface area contributed by atoms with Gasteiger partial charge in [0.05, 0.1) is 34.1 Å². The van der Waals surface area contributed by atoms with Gasteiger partial charge in [0.25, 0.3) is 5.56 Å². The summed E-state index contributed by atoms with van der Waals surface area (Å²) in [5, 5.41) is 18.2. The Balaban J connectivity index is 1.61. The van der Waals surface area contributed by atoms with Crippen molar-refractivity contribution in [2.45, 2.75) is 32.4 Å². The van der Waals surface area contributed by atoms with Gasteiger partial charge in [0.1, 0.15) is 17.0 Å². The van der Waals surface area contributed by atoms with Crippen molar-refractivity contribution < 1.29 is 0 Å². The van der Waals surface area contributed by atoms with Crippen LogP contribution in [0.3, 0.4) is 0 Å². The van der Waals surface area contributed by atoms with Gasteiger partial charge in [0.15, 0.2) is 0 Å². The fourth-order valence-electron chi connectivity index (χ4n) is 5.08. The van der Waals surface area contributed by atoms with Gasteiger partial charge < -0.3 is 15.1 Å². The fraction of sp³-hybridized carbons (Fsp3) is 0.480. The van der Waals surface area contributed by atoms with Gasteiger partial charge in [-0.25, -0.2) is 4.98 Å². The van der Waals surface area contributed by atoms with Gasteiger partial charge in [-0.05, 0) is 25.2 Å². The molecule has 5 rings (SSSR count). The van der Waals surface area contributed by atoms with Crippen LogP contribution in [0.5, 0.6) is 0 Å². The maximum atomic E-state index is 13.8. The first-order chi connectivity index (χ1) is 17.9. The number of nitriles is 1. The van der Waals surface area contributed by atoms with Crippen molar-refractivity contribution in [1.82, 2.24) is 30.0 Å². The van der Waals surface area contributed by atoms with Crippen LogP contribution in [-0.4, -0.2) is 82.5 Å². The summed E-state index contributed by atoms with van der Waals surface area (Å²) in [5.74, 6) is 1.17. The highest BCUT2D eigenvalue weighted by molar-refractivity contribution is 6.37. The van der Waals surface area contributed by atoms with Crippen LogP contribution in [0.4, 0.5) is 11.8 Å². The molecule has 0 saturated carbocycles. The molecule has 37 heavy (non-hydrogen) atoms. The van der Waals surface area contributed by atoms with Gasteiger partial charge in [-0.1, -0.05) is 43.1 Å². The number of aromatic nitrogens is 4. The molecule has 2 aliphatic heterocycles. The van der Waals surface area contributed by atoms with E-state index in [1.54, 1.807) is 24.4 Å². The van der Waals surface area contributed by atoms with Crippen LogP contribution in [0.15, 0.2) is 29.2 Å². The first kappa shape index (κ1) is 25.7. The van der Waals surface area contributed by atoms with Crippen LogP contribution >= 0.6 is 23.2 Å². The number of likely N-dealkylation sites (N-methyl/N-ethyl adjacent to an activating group) is 1. The highest BCUT2D eigenvalue weighted by Crippen LogP contribution is 2.30. The second kappa shape index (κ2) is 10.8. The Labute approximate surface area is 225 Å². The molecule has 1 unspecified atom stereocenters. The molecule has 3 aromatic rings. The molecule has 0 aliphatic carbocycles. The highest BCUT2D eigenvalue weighted by Gasteiger charge is 2.34. The molecule has 0 amide bonds. The molecule has 12 heteroatoms. The van der Waals surface area contributed by atoms with E-state index in [1.807, 2.05) is 0 Å². The van der Waals surface area contributed by atoms with Crippen molar-refractivity contribution in [2.75, 3.05) is 55.6 Å². The number of fused-ring (bicyclic) bond motifs is 1. The summed E-state index contributed by atoms with van der Waals surface area (Å²) in [5.41, 5.74) is 0.163. The van der Waals surface area contributed by atoms with Crippen LogP contribution < -0.4 is 20.7 Å². The standard InChI is InChI=1S/C25H29Cl2N9O/c1-3-33(4-2)17-14-35(15-17)25-31-21-18(23(32-25)34-11-10-29-16(13-34)8-9-28)12-30-36(24(21)37)22-19(26)6-5-7-20(22)27/h5-7,12,16-17,29H,3-4,8,10-11,13-15H2,1-2H3. The largest absolute Gasteiger partial charge is 0.353 e. The van der Waals surface area contributed by atoms with Gasteiger partial charge >= 0.3 is 0 Å². The average Bonchev–Trinajstić information content (AvgIpc) is 2.87. The molecule has 1 atom stereocenters. The normalized spacial score (nSPS) is 18.3. The van der Waals surface area contributed by atoms with Crippen molar-refractivity contribution in [3.8, 4) is 11.8 Å². The zero-order valence-corrected chi connectivity index (χ0v) is 22.4. The molecule has 0 spiro atoms. The fourth-order valence-corrected chi connectivity index (χ4v) is 5.64. The predicted octanol–water partition coefficient (Wildman–Crippen LogP) is 2.70. The zero-order chi connectivity index (χ0) is 26.1. The smallest absolute Gasteiger partial charge is 0.298 e. The summed E-state index contributed by atoms with van der Waals surface area (Å²) < 4.78 is 1.21. The highest BCUT2D eigenvalue weighted by atomic mass is 35.5. The summed E-state index contributed by atoms with van der Waals surface area (Å²) in [7, 11) is 0. The Morgan fingerprint density at radius 3 is 2.54 bits per heavy atom. The number of piperazine rings is 1. The quantitative estimate of drug-likeness (QED) is 0.483. The summed E-state index contributed by atoms with van der Waals surface area (Å²) in [6.07, 6.45) is 1.99.